The number of para-hydroxylation sites is 1. The number of aliphatic carboxylic acids is 1. The van der Waals surface area contributed by atoms with Crippen molar-refractivity contribution in [2.45, 2.75) is 13.0 Å². The Bertz CT molecular complexity index is 1190. The summed E-state index contributed by atoms with van der Waals surface area (Å²) in [6, 6.07) is 9.64. The van der Waals surface area contributed by atoms with Gasteiger partial charge in [0.2, 0.25) is 0 Å². The fourth-order valence-corrected chi connectivity index (χ4v) is 3.33. The topological polar surface area (TPSA) is 114 Å². The molecule has 1 heterocycles. The van der Waals surface area contributed by atoms with Crippen molar-refractivity contribution in [3.63, 3.8) is 0 Å². The molecular formula is C18H13BrClN3O5. The molecule has 0 fully saturated rings. The number of halogens is 2. The van der Waals surface area contributed by atoms with Gasteiger partial charge in [-0.3, -0.25) is 4.79 Å². The lowest BCUT2D eigenvalue weighted by molar-refractivity contribution is -0.144. The molecule has 0 unspecified atom stereocenters. The molecule has 8 nitrogen and oxygen atoms in total. The molecule has 3 aromatic rings. The maximum atomic E-state index is 12.5. The summed E-state index contributed by atoms with van der Waals surface area (Å²) < 4.78 is 6.42. The summed E-state index contributed by atoms with van der Waals surface area (Å²) >= 11 is 9.42. The minimum Gasteiger partial charge on any atom is -0.479 e. The fraction of sp³-hybridized carbons (Fsp3) is 0.111. The smallest absolute Gasteiger partial charge is 0.349 e. The zero-order valence-corrected chi connectivity index (χ0v) is 16.7. The Morgan fingerprint density at radius 1 is 1.36 bits per heavy atom. The second-order valence-corrected chi connectivity index (χ2v) is 7.01. The number of benzene rings is 2. The minimum absolute atomic E-state index is 0.142. The maximum absolute atomic E-state index is 12.5. The molecule has 3 rings (SSSR count). The lowest BCUT2D eigenvalue weighted by Gasteiger charge is -2.14. The van der Waals surface area contributed by atoms with Crippen molar-refractivity contribution in [2.24, 2.45) is 5.10 Å². The largest absolute Gasteiger partial charge is 0.479 e. The molecule has 0 aliphatic heterocycles. The van der Waals surface area contributed by atoms with E-state index in [1.807, 2.05) is 0 Å². The standard InChI is InChI=1S/C18H13BrClN3O5/c1-9(17(25)26)28-15-12(19)6-10(7-13(15)20)8-21-23-16(24)11-4-2-3-5-14(11)22-18(23)27/h2-9H,1H3,(H,22,27)(H,25,26)/t9-/m1/s1. The molecule has 0 aliphatic rings. The van der Waals surface area contributed by atoms with Gasteiger partial charge in [0.05, 0.1) is 26.6 Å². The first-order valence-corrected chi connectivity index (χ1v) is 9.12. The van der Waals surface area contributed by atoms with Crippen molar-refractivity contribution >= 4 is 50.6 Å². The average molecular weight is 467 g/mol. The molecule has 1 atom stereocenters. The fourth-order valence-electron chi connectivity index (χ4n) is 2.38. The Morgan fingerprint density at radius 2 is 2.07 bits per heavy atom. The highest BCUT2D eigenvalue weighted by molar-refractivity contribution is 9.10. The first-order valence-electron chi connectivity index (χ1n) is 7.95. The van der Waals surface area contributed by atoms with Crippen molar-refractivity contribution < 1.29 is 14.6 Å². The van der Waals surface area contributed by atoms with Crippen LogP contribution in [-0.4, -0.2) is 33.1 Å². The summed E-state index contributed by atoms with van der Waals surface area (Å²) in [5.41, 5.74) is -0.355. The van der Waals surface area contributed by atoms with Gasteiger partial charge in [-0.15, -0.1) is 4.68 Å². The van der Waals surface area contributed by atoms with Crippen LogP contribution in [0.4, 0.5) is 0 Å². The predicted octanol–water partition coefficient (Wildman–Crippen LogP) is 2.84. The number of ether oxygens (including phenoxy) is 1. The van der Waals surface area contributed by atoms with E-state index in [-0.39, 0.29) is 10.8 Å². The summed E-state index contributed by atoms with van der Waals surface area (Å²) in [5.74, 6) is -0.974. The van der Waals surface area contributed by atoms with Gasteiger partial charge in [-0.25, -0.2) is 9.59 Å². The van der Waals surface area contributed by atoms with Crippen LogP contribution in [-0.2, 0) is 4.79 Å². The average Bonchev–Trinajstić information content (AvgIpc) is 2.64. The van der Waals surface area contributed by atoms with Crippen LogP contribution in [0.2, 0.25) is 5.02 Å². The third-order valence-corrected chi connectivity index (χ3v) is 4.64. The quantitative estimate of drug-likeness (QED) is 0.561. The van der Waals surface area contributed by atoms with E-state index in [2.05, 4.69) is 26.0 Å². The molecule has 2 N–H and O–H groups in total. The van der Waals surface area contributed by atoms with Gasteiger partial charge < -0.3 is 14.8 Å². The van der Waals surface area contributed by atoms with Gasteiger partial charge in [-0.2, -0.15) is 5.10 Å². The van der Waals surface area contributed by atoms with Crippen LogP contribution in [0.3, 0.4) is 0 Å². The van der Waals surface area contributed by atoms with Crippen molar-refractivity contribution in [2.75, 3.05) is 0 Å². The molecule has 1 aromatic heterocycles. The molecule has 28 heavy (non-hydrogen) atoms. The van der Waals surface area contributed by atoms with E-state index in [4.69, 9.17) is 21.4 Å². The number of fused-ring (bicyclic) bond motifs is 1. The van der Waals surface area contributed by atoms with Crippen molar-refractivity contribution in [1.29, 1.82) is 0 Å². The first kappa shape index (κ1) is 19.8. The molecular weight excluding hydrogens is 454 g/mol. The molecule has 0 radical (unpaired) electrons. The van der Waals surface area contributed by atoms with Crippen molar-refractivity contribution in [3.8, 4) is 5.75 Å². The minimum atomic E-state index is -1.14. The summed E-state index contributed by atoms with van der Waals surface area (Å²) in [4.78, 5) is 38.1. The molecule has 10 heteroatoms. The summed E-state index contributed by atoms with van der Waals surface area (Å²) in [7, 11) is 0. The van der Waals surface area contributed by atoms with E-state index in [1.54, 1.807) is 30.3 Å². The number of hydrogen-bond acceptors (Lipinski definition) is 5. The Morgan fingerprint density at radius 3 is 2.75 bits per heavy atom. The van der Waals surface area contributed by atoms with E-state index in [0.717, 1.165) is 0 Å². The van der Waals surface area contributed by atoms with Gasteiger partial charge in [0, 0.05) is 0 Å². The van der Waals surface area contributed by atoms with Crippen LogP contribution in [0, 0.1) is 0 Å². The van der Waals surface area contributed by atoms with Crippen molar-refractivity contribution in [3.05, 3.63) is 72.3 Å². The summed E-state index contributed by atoms with van der Waals surface area (Å²) in [6.07, 6.45) is 0.190. The third kappa shape index (κ3) is 4.00. The van der Waals surface area contributed by atoms with Gasteiger partial charge in [0.15, 0.2) is 11.9 Å². The molecule has 0 bridgehead atoms. The number of aromatic nitrogens is 2. The molecule has 0 spiro atoms. The zero-order valence-electron chi connectivity index (χ0n) is 14.3. The molecule has 144 valence electrons. The number of hydrogen-bond donors (Lipinski definition) is 2. The monoisotopic (exact) mass is 465 g/mol. The molecule has 0 aliphatic carbocycles. The number of nitrogens with zero attached hydrogens (tertiary/aromatic N) is 2. The normalized spacial score (nSPS) is 12.4. The SMILES string of the molecule is C[C@@H](Oc1c(Cl)cc(C=Nn2c(=O)[nH]c3ccccc3c2=O)cc1Br)C(=O)O. The second-order valence-electron chi connectivity index (χ2n) is 5.75. The maximum Gasteiger partial charge on any atom is 0.349 e. The highest BCUT2D eigenvalue weighted by atomic mass is 79.9. The van der Waals surface area contributed by atoms with Crippen LogP contribution in [0.1, 0.15) is 12.5 Å². The van der Waals surface area contributed by atoms with Gasteiger partial charge in [-0.1, -0.05) is 23.7 Å². The van der Waals surface area contributed by atoms with Gasteiger partial charge in [0.25, 0.3) is 5.56 Å². The number of rotatable bonds is 5. The van der Waals surface area contributed by atoms with Crippen LogP contribution >= 0.6 is 27.5 Å². The van der Waals surface area contributed by atoms with Gasteiger partial charge >= 0.3 is 11.7 Å². The number of carbonyl (C=O) groups is 1. The zero-order chi connectivity index (χ0) is 20.4. The summed E-state index contributed by atoms with van der Waals surface area (Å²) in [6.45, 7) is 1.37. The number of H-pyrrole nitrogens is 1. The van der Waals surface area contributed by atoms with E-state index in [1.165, 1.54) is 19.2 Å². The van der Waals surface area contributed by atoms with Gasteiger partial charge in [0.1, 0.15) is 0 Å². The molecule has 0 saturated carbocycles. The number of carboxylic acids is 1. The van der Waals surface area contributed by atoms with E-state index in [0.29, 0.717) is 25.6 Å². The van der Waals surface area contributed by atoms with Crippen LogP contribution in [0.5, 0.6) is 5.75 Å². The second kappa shape index (κ2) is 7.99. The highest BCUT2D eigenvalue weighted by Gasteiger charge is 2.17. The van der Waals surface area contributed by atoms with E-state index in [9.17, 15) is 14.4 Å². The van der Waals surface area contributed by atoms with E-state index < -0.39 is 23.3 Å². The first-order chi connectivity index (χ1) is 13.3. The van der Waals surface area contributed by atoms with Crippen LogP contribution in [0.15, 0.2) is 55.6 Å². The third-order valence-electron chi connectivity index (χ3n) is 3.77. The summed E-state index contributed by atoms with van der Waals surface area (Å²) in [5, 5.41) is 13.4. The number of carboxylic acid groups (broad SMARTS) is 1. The number of aromatic amines is 1. The highest BCUT2D eigenvalue weighted by Crippen LogP contribution is 2.34. The van der Waals surface area contributed by atoms with Crippen LogP contribution < -0.4 is 16.0 Å². The van der Waals surface area contributed by atoms with E-state index >= 15 is 0 Å². The Kier molecular flexibility index (Phi) is 5.66. The Labute approximate surface area is 171 Å². The lowest BCUT2D eigenvalue weighted by atomic mass is 10.2. The van der Waals surface area contributed by atoms with Crippen molar-refractivity contribution in [1.82, 2.24) is 9.66 Å². The molecule has 0 amide bonds. The lowest BCUT2D eigenvalue weighted by Crippen LogP contribution is -2.32. The number of nitrogens with one attached hydrogen (secondary N) is 1. The molecule has 0 saturated heterocycles. The van der Waals surface area contributed by atoms with Gasteiger partial charge in [-0.05, 0) is 52.7 Å². The van der Waals surface area contributed by atoms with Crippen LogP contribution in [0.25, 0.3) is 10.9 Å². The predicted molar refractivity (Wildman–Crippen MR) is 109 cm³/mol. The molecule has 2 aromatic carbocycles. The Hall–Kier alpha value is -2.91. The Balaban J connectivity index is 1.98.